The summed E-state index contributed by atoms with van der Waals surface area (Å²) in [6.07, 6.45) is 53.0. The van der Waals surface area contributed by atoms with Crippen LogP contribution in [0.4, 0.5) is 0 Å². The molecule has 0 aromatic heterocycles. The average molecular weight is 2020 g/mol. The number of nitrogens with one attached hydrogen (secondary N) is 4. The van der Waals surface area contributed by atoms with Gasteiger partial charge in [-0.25, -0.2) is 0 Å². The van der Waals surface area contributed by atoms with Crippen molar-refractivity contribution in [2.75, 3.05) is 79.0 Å². The zero-order valence-corrected chi connectivity index (χ0v) is 96.2. The molecule has 1 aromatic carbocycles. The lowest BCUT2D eigenvalue weighted by molar-refractivity contribution is -0.130. The van der Waals surface area contributed by atoms with E-state index >= 15 is 0 Å². The minimum absolute atomic E-state index is 0.00760. The van der Waals surface area contributed by atoms with Crippen molar-refractivity contribution in [2.45, 2.75) is 472 Å². The number of carbonyl (C=O) groups is 4. The zero-order valence-electron chi connectivity index (χ0n) is 96.2. The molecule has 20 fully saturated rings. The third kappa shape index (κ3) is 19.6. The zero-order chi connectivity index (χ0) is 103. The highest BCUT2D eigenvalue weighted by Crippen LogP contribution is 2.72. The average Bonchev–Trinajstić information content (AvgIpc) is 1.57. The Bertz CT molecular complexity index is 5040. The van der Waals surface area contributed by atoms with Crippen molar-refractivity contribution in [2.24, 2.45) is 170 Å². The van der Waals surface area contributed by atoms with Gasteiger partial charge >= 0.3 is 0 Å². The number of Topliss-reactive ketones (excluding diaryl/α,β-unsaturated/α-hetero) is 3. The normalized spacial score (nSPS) is 48.5. The fourth-order valence-corrected chi connectivity index (χ4v) is 42.9. The van der Waals surface area contributed by atoms with E-state index in [4.69, 9.17) is 18.9 Å². The minimum atomic E-state index is -0.0433. The number of allylic oxidation sites excluding steroid dienone is 4. The number of carbonyl (C=O) groups excluding carboxylic acids is 4. The van der Waals surface area contributed by atoms with Gasteiger partial charge in [0.25, 0.3) is 0 Å². The van der Waals surface area contributed by atoms with Crippen LogP contribution >= 0.6 is 0 Å². The molecule has 147 heavy (non-hydrogen) atoms. The number of nitrogens with zero attached hydrogens (tertiary/aromatic N) is 3. The first-order chi connectivity index (χ1) is 70.5. The third-order valence-corrected chi connectivity index (χ3v) is 50.8. The molecule has 8 heterocycles. The number of rotatable bonds is 14. The van der Waals surface area contributed by atoms with Gasteiger partial charge in [-0.2, -0.15) is 0 Å². The predicted octanol–water partition coefficient (Wildman–Crippen LogP) is 25.9. The maximum atomic E-state index is 12.3. The first-order valence-electron chi connectivity index (χ1n) is 63.1. The Morgan fingerprint density at radius 1 is 0.388 bits per heavy atom. The van der Waals surface area contributed by atoms with Gasteiger partial charge < -0.3 is 40.2 Å². The topological polar surface area (TPSA) is 163 Å². The molecule has 15 heteroatoms. The molecule has 12 saturated carbocycles. The van der Waals surface area contributed by atoms with Gasteiger partial charge in [-0.15, -0.1) is 0 Å². The summed E-state index contributed by atoms with van der Waals surface area (Å²) in [6, 6.07) is 13.0. The van der Waals surface area contributed by atoms with Crippen molar-refractivity contribution in [3.05, 3.63) is 80.5 Å². The lowest BCUT2D eigenvalue weighted by atomic mass is 9.51. The molecule has 4 spiro atoms. The van der Waals surface area contributed by atoms with Crippen molar-refractivity contribution < 1.29 is 38.1 Å². The lowest BCUT2D eigenvalue weighted by Gasteiger charge is -2.54. The Hall–Kier alpha value is -3.74. The fraction of sp³-hybridized carbons (Fsp3) is 0.864. The van der Waals surface area contributed by atoms with E-state index < -0.39 is 0 Å². The quantitative estimate of drug-likeness (QED) is 0.103. The second kappa shape index (κ2) is 42.6. The number of amides is 1. The molecule has 41 atom stereocenters. The Labute approximate surface area is 892 Å². The molecular formula is C132H207N7O8. The second-order valence-electron chi connectivity index (χ2n) is 58.6. The third-order valence-electron chi connectivity index (χ3n) is 50.8. The molecule has 16 aliphatic carbocycles. The number of benzene rings is 1. The number of ketones is 3. The second-order valence-corrected chi connectivity index (χ2v) is 58.6. The van der Waals surface area contributed by atoms with Crippen LogP contribution in [-0.4, -0.2) is 188 Å². The van der Waals surface area contributed by atoms with Gasteiger partial charge in [-0.1, -0.05) is 178 Å². The van der Waals surface area contributed by atoms with Crippen molar-refractivity contribution in [3.8, 4) is 0 Å². The van der Waals surface area contributed by atoms with Crippen LogP contribution in [0.2, 0.25) is 0 Å². The summed E-state index contributed by atoms with van der Waals surface area (Å²) in [7, 11) is 2.08. The van der Waals surface area contributed by atoms with Gasteiger partial charge in [-0.05, 0) is 424 Å². The summed E-state index contributed by atoms with van der Waals surface area (Å²) in [5, 5.41) is 14.2. The van der Waals surface area contributed by atoms with E-state index in [2.05, 4.69) is 198 Å². The van der Waals surface area contributed by atoms with E-state index in [1.807, 2.05) is 16.7 Å². The lowest BCUT2D eigenvalue weighted by Crippen LogP contribution is -2.53. The van der Waals surface area contributed by atoms with Crippen molar-refractivity contribution in [1.82, 2.24) is 36.0 Å². The molecule has 8 saturated heterocycles. The highest BCUT2D eigenvalue weighted by molar-refractivity contribution is 5.81. The van der Waals surface area contributed by atoms with Gasteiger partial charge in [0, 0.05) is 152 Å². The molecule has 8 aliphatic heterocycles. The van der Waals surface area contributed by atoms with Gasteiger partial charge in [0.2, 0.25) is 5.91 Å². The monoisotopic (exact) mass is 2020 g/mol. The van der Waals surface area contributed by atoms with Crippen LogP contribution in [0.25, 0.3) is 0 Å². The van der Waals surface area contributed by atoms with E-state index in [-0.39, 0.29) is 28.3 Å². The number of hydrogen-bond donors (Lipinski definition) is 4. The number of likely N-dealkylation sites (tertiary alicyclic amines) is 3. The van der Waals surface area contributed by atoms with Crippen molar-refractivity contribution in [1.29, 1.82) is 0 Å². The predicted molar refractivity (Wildman–Crippen MR) is 594 cm³/mol. The summed E-state index contributed by atoms with van der Waals surface area (Å²) in [5.74, 6) is 20.6. The highest BCUT2D eigenvalue weighted by Gasteiger charge is 2.68. The maximum Gasteiger partial charge on any atom is 0.220 e. The number of fused-ring (bicyclic) bond motifs is 24. The molecule has 0 unspecified atom stereocenters. The SMILES string of the molecule is CC1=C2C[C@H]3[C@@H](CC[C@@H]4CC(=O)CC[C@@]43C)[C@@H]2CC[C@@]2(C1)O[C@@H]1C[C@H](C)CN(CCNCCc3ccccc3)[C@H]1[C@H]2C.CC1=C2C[C@H]3[C@@H](CC[C@@H]4C[C@@H](C)CC[C@@]43C)[C@@H]2CC[C@@]2(C1)O[C@@H]1C[C@H](C)CN[C@H]1[C@H]2C.CCCC(=O)NCCN1C[C@@H](C)C[C@H]2O[C@]3(CC[C@@H]4C(=C(C)C3)C[C@H]3[C@H]4CC[C@@H]4CC(=O)CC[C@@]43C)[C@H](C)[C@@H]21.CNCCN1C[C@@H](C)C[C@H]2O[C@]3(CC[C@@H]4C(=C(C)C3)C[C@H]3[C@H]4CC[C@@H]4CC(=O)CC[C@@]43C)[C@H](C)[C@@H]21. The number of likely N-dealkylation sites (N-methyl/N-ethyl adjacent to an activating group) is 1. The molecular weight excluding hydrogens is 1810 g/mol. The van der Waals surface area contributed by atoms with Crippen LogP contribution in [-0.2, 0) is 44.5 Å². The molecule has 1 aromatic rings. The minimum Gasteiger partial charge on any atom is -0.369 e. The number of ether oxygens (including phenoxy) is 4. The summed E-state index contributed by atoms with van der Waals surface area (Å²) in [5.41, 5.74) is 17.3. The maximum absolute atomic E-state index is 12.3. The van der Waals surface area contributed by atoms with Crippen LogP contribution in [0.5, 0.6) is 0 Å². The van der Waals surface area contributed by atoms with E-state index in [0.29, 0.717) is 147 Å². The van der Waals surface area contributed by atoms with Crippen LogP contribution in [0.1, 0.15) is 400 Å². The van der Waals surface area contributed by atoms with Crippen molar-refractivity contribution >= 4 is 23.3 Å². The Kier molecular flexibility index (Phi) is 31.1. The van der Waals surface area contributed by atoms with E-state index in [9.17, 15) is 19.2 Å². The van der Waals surface area contributed by atoms with Gasteiger partial charge in [0.15, 0.2) is 0 Å². The first-order valence-corrected chi connectivity index (χ1v) is 63.1. The molecule has 0 bridgehead atoms. The summed E-state index contributed by atoms with van der Waals surface area (Å²) < 4.78 is 28.8. The van der Waals surface area contributed by atoms with Gasteiger partial charge in [0.1, 0.15) is 17.3 Å². The Morgan fingerprint density at radius 2 is 0.748 bits per heavy atom. The number of piperidine rings is 4. The molecule has 1 amide bonds. The smallest absolute Gasteiger partial charge is 0.220 e. The van der Waals surface area contributed by atoms with Gasteiger partial charge in [-0.3, -0.25) is 33.9 Å². The summed E-state index contributed by atoms with van der Waals surface area (Å²) in [6.45, 7) is 56.4. The summed E-state index contributed by atoms with van der Waals surface area (Å²) >= 11 is 0. The van der Waals surface area contributed by atoms with Crippen LogP contribution in [0, 0.1) is 170 Å². The van der Waals surface area contributed by atoms with E-state index in [0.717, 1.165) is 243 Å². The van der Waals surface area contributed by atoms with E-state index in [1.54, 1.807) is 27.9 Å². The molecule has 25 rings (SSSR count). The molecule has 0 radical (unpaired) electrons. The molecule has 818 valence electrons. The van der Waals surface area contributed by atoms with Crippen LogP contribution in [0.3, 0.4) is 0 Å². The fourth-order valence-electron chi connectivity index (χ4n) is 42.9. The number of hydrogen-bond acceptors (Lipinski definition) is 14. The van der Waals surface area contributed by atoms with Crippen LogP contribution in [0.15, 0.2) is 74.9 Å². The Balaban J connectivity index is 0.000000112. The molecule has 24 aliphatic rings. The van der Waals surface area contributed by atoms with Crippen LogP contribution < -0.4 is 21.3 Å². The summed E-state index contributed by atoms with van der Waals surface area (Å²) in [4.78, 5) is 57.2. The standard InChI is InChI=1S/C38H56N2O2.C34H54N2O3.C31H50N2O2.C29H47NO/c1-25-20-35-36(40(24-25)19-18-39-17-14-28-8-6-5-7-9-28)27(3)38(42-35)16-13-31-32-11-10-29-21-30(41)12-15-37(29,4)34(32)22-33(31)26(2)23-38;1-6-7-31(38)35-14-15-36-20-21(2)16-30-32(36)23(4)34(39-30)13-11-26-27-9-8-24-17-25(37)10-12-33(24,5)29(27)18-28(26)22(3)19-34;1-19-14-28-29(33(18-19)13-12-32-5)21(3)31(35-28)11-9-24-25-7-6-22-15-23(34)8-10-30(22,4)27(25)16-26(24)20(2)17-31;1-17-8-10-28(5)21(12-17)6-7-23-22-9-11-29(15-19(3)24(22)14-25(23)28)20(4)27-26(31-29)13-18(2)16-30-27/h5-9,25,27,29,31-32,34-36,39H,10-24H2,1-4H3;21,23-24,26-27,29-30,32H,6-20H2,1-5H3,(H,35,38);19,21-22,24-25,27-29,32H,6-18H2,1-5H3;17-18,20-23,25-27,30H,6-16H2,1-5H3/t25-,27+,29+,31-,32-,34-,35+,36-,37-,38-;21-,23+,24+,26-,27-,29-,30+,32-,33-,34-;19-,21+,22+,24-,25-,27-,28+,29-,30-,31-;17-,18-,20+,21+,22-,23-,25-,26+,27-,28-,29-/m0000/s1. The van der Waals surface area contributed by atoms with Gasteiger partial charge in [0.05, 0.1) is 46.8 Å². The first kappa shape index (κ1) is 107. The van der Waals surface area contributed by atoms with E-state index in [1.165, 1.54) is 199 Å². The molecule has 15 nitrogen and oxygen atoms in total. The largest absolute Gasteiger partial charge is 0.369 e. The Morgan fingerprint density at radius 3 is 1.14 bits per heavy atom. The van der Waals surface area contributed by atoms with Crippen molar-refractivity contribution in [3.63, 3.8) is 0 Å². The highest BCUT2D eigenvalue weighted by atomic mass is 16.5. The molecule has 4 N–H and O–H groups in total.